The van der Waals surface area contributed by atoms with E-state index in [-0.39, 0.29) is 12.5 Å². The summed E-state index contributed by atoms with van der Waals surface area (Å²) in [6.45, 7) is 0.569. The molecule has 6 nitrogen and oxygen atoms in total. The number of amides is 3. The van der Waals surface area contributed by atoms with Crippen molar-refractivity contribution < 1.29 is 27.5 Å². The van der Waals surface area contributed by atoms with Gasteiger partial charge in [-0.2, -0.15) is 13.2 Å². The summed E-state index contributed by atoms with van der Waals surface area (Å²) in [5.41, 5.74) is 1.18. The van der Waals surface area contributed by atoms with Gasteiger partial charge in [-0.3, -0.25) is 4.79 Å². The molecule has 1 fully saturated rings. The molecule has 1 heterocycles. The van der Waals surface area contributed by atoms with Crippen LogP contribution in [0.25, 0.3) is 0 Å². The van der Waals surface area contributed by atoms with E-state index in [0.717, 1.165) is 6.42 Å². The van der Waals surface area contributed by atoms with Gasteiger partial charge in [0.25, 0.3) is 0 Å². The Labute approximate surface area is 143 Å². The molecule has 2 N–H and O–H groups in total. The van der Waals surface area contributed by atoms with Crippen LogP contribution in [0.3, 0.4) is 0 Å². The molecule has 3 amide bonds. The smallest absolute Gasteiger partial charge is 0.370 e. The quantitative estimate of drug-likeness (QED) is 0.820. The maximum atomic E-state index is 12.0. The Bertz CT molecular complexity index is 622. The van der Waals surface area contributed by atoms with Gasteiger partial charge in [-0.25, -0.2) is 4.79 Å². The minimum Gasteiger partial charge on any atom is -0.370 e. The third-order valence-corrected chi connectivity index (χ3v) is 3.50. The molecule has 1 aromatic rings. The summed E-state index contributed by atoms with van der Waals surface area (Å²) in [6, 6.07) is 5.67. The lowest BCUT2D eigenvalue weighted by atomic mass is 10.2. The van der Waals surface area contributed by atoms with Crippen LogP contribution in [0.2, 0.25) is 0 Å². The molecule has 0 spiro atoms. The van der Waals surface area contributed by atoms with E-state index in [2.05, 4.69) is 15.4 Å². The summed E-state index contributed by atoms with van der Waals surface area (Å²) in [7, 11) is 0. The number of nitrogens with one attached hydrogen (secondary N) is 2. The van der Waals surface area contributed by atoms with E-state index in [0.29, 0.717) is 24.3 Å². The van der Waals surface area contributed by atoms with Crippen LogP contribution in [-0.2, 0) is 9.53 Å². The first kappa shape index (κ1) is 19.0. The second kappa shape index (κ2) is 8.19. The molecule has 1 saturated heterocycles. The number of anilines is 2. The van der Waals surface area contributed by atoms with Gasteiger partial charge in [-0.15, -0.1) is 0 Å². The number of carbonyl (C=O) groups excluding carboxylic acids is 2. The van der Waals surface area contributed by atoms with Crippen molar-refractivity contribution in [1.29, 1.82) is 0 Å². The van der Waals surface area contributed by atoms with Crippen molar-refractivity contribution >= 4 is 23.3 Å². The summed E-state index contributed by atoms with van der Waals surface area (Å²) in [5.74, 6) is 0.0389. The van der Waals surface area contributed by atoms with Gasteiger partial charge in [-0.1, -0.05) is 6.07 Å². The van der Waals surface area contributed by atoms with Crippen molar-refractivity contribution in [3.05, 3.63) is 24.3 Å². The highest BCUT2D eigenvalue weighted by atomic mass is 19.4. The average molecular weight is 359 g/mol. The summed E-state index contributed by atoms with van der Waals surface area (Å²) < 4.78 is 40.5. The molecular weight excluding hydrogens is 339 g/mol. The highest BCUT2D eigenvalue weighted by molar-refractivity contribution is 5.96. The fourth-order valence-electron chi connectivity index (χ4n) is 2.46. The molecule has 0 bridgehead atoms. The molecule has 0 unspecified atom stereocenters. The Kier molecular flexibility index (Phi) is 6.24. The molecule has 0 radical (unpaired) electrons. The molecule has 0 aromatic heterocycles. The van der Waals surface area contributed by atoms with Crippen molar-refractivity contribution in [2.45, 2.75) is 32.0 Å². The molecule has 2 rings (SSSR count). The number of hydrogen-bond donors (Lipinski definition) is 2. The van der Waals surface area contributed by atoms with Crippen molar-refractivity contribution in [1.82, 2.24) is 5.32 Å². The van der Waals surface area contributed by atoms with Crippen LogP contribution in [-0.4, -0.2) is 43.9 Å². The van der Waals surface area contributed by atoms with E-state index in [1.54, 1.807) is 29.2 Å². The monoisotopic (exact) mass is 359 g/mol. The Morgan fingerprint density at radius 3 is 2.80 bits per heavy atom. The molecule has 25 heavy (non-hydrogen) atoms. The lowest BCUT2D eigenvalue weighted by Crippen LogP contribution is -2.39. The Hall–Kier alpha value is -2.29. The average Bonchev–Trinajstić information content (AvgIpc) is 2.92. The van der Waals surface area contributed by atoms with Crippen molar-refractivity contribution in [2.75, 3.05) is 30.0 Å². The number of benzene rings is 1. The molecule has 1 aromatic carbocycles. The van der Waals surface area contributed by atoms with E-state index >= 15 is 0 Å². The zero-order chi connectivity index (χ0) is 18.4. The number of halogens is 3. The largest absolute Gasteiger partial charge is 0.411 e. The number of urea groups is 1. The first-order valence-electron chi connectivity index (χ1n) is 7.87. The predicted octanol–water partition coefficient (Wildman–Crippen LogP) is 2.90. The van der Waals surface area contributed by atoms with Crippen LogP contribution in [0, 0.1) is 0 Å². The third-order valence-electron chi connectivity index (χ3n) is 3.50. The van der Waals surface area contributed by atoms with E-state index in [1.807, 2.05) is 0 Å². The zero-order valence-electron chi connectivity index (χ0n) is 13.7. The number of rotatable bonds is 6. The van der Waals surface area contributed by atoms with Crippen LogP contribution in [0.5, 0.6) is 0 Å². The van der Waals surface area contributed by atoms with Gasteiger partial charge in [0.05, 0.1) is 12.6 Å². The number of hydrogen-bond acceptors (Lipinski definition) is 3. The standard InChI is InChI=1S/C16H20F3N3O3/c1-11(9-25-10-16(17,18)19)20-15(24)21-12-4-2-5-13(8-12)22-7-3-6-14(22)23/h2,4-5,8,11H,3,6-7,9-10H2,1H3,(H2,20,21,24)/t11-/m1/s1. The first-order chi connectivity index (χ1) is 11.7. The maximum absolute atomic E-state index is 12.0. The highest BCUT2D eigenvalue weighted by Crippen LogP contribution is 2.24. The maximum Gasteiger partial charge on any atom is 0.411 e. The second-order valence-electron chi connectivity index (χ2n) is 5.83. The van der Waals surface area contributed by atoms with Crippen molar-refractivity contribution in [3.8, 4) is 0 Å². The molecule has 1 atom stereocenters. The Balaban J connectivity index is 1.83. The topological polar surface area (TPSA) is 70.7 Å². The molecule has 138 valence electrons. The Morgan fingerprint density at radius 2 is 2.16 bits per heavy atom. The van der Waals surface area contributed by atoms with Gasteiger partial charge in [0.2, 0.25) is 5.91 Å². The van der Waals surface area contributed by atoms with Gasteiger partial charge in [-0.05, 0) is 31.5 Å². The fraction of sp³-hybridized carbons (Fsp3) is 0.500. The number of nitrogens with zero attached hydrogens (tertiary/aromatic N) is 1. The van der Waals surface area contributed by atoms with Crippen molar-refractivity contribution in [3.63, 3.8) is 0 Å². The SMILES string of the molecule is C[C@H](COCC(F)(F)F)NC(=O)Nc1cccc(N2CCCC2=O)c1. The van der Waals surface area contributed by atoms with Gasteiger partial charge in [0.15, 0.2) is 0 Å². The van der Waals surface area contributed by atoms with Crippen LogP contribution in [0.1, 0.15) is 19.8 Å². The van der Waals surface area contributed by atoms with Gasteiger partial charge in [0, 0.05) is 24.3 Å². The third kappa shape index (κ3) is 6.26. The number of ether oxygens (including phenoxy) is 1. The molecule has 1 aliphatic heterocycles. The van der Waals surface area contributed by atoms with Gasteiger partial charge in [0.1, 0.15) is 6.61 Å². The van der Waals surface area contributed by atoms with E-state index in [1.165, 1.54) is 6.92 Å². The van der Waals surface area contributed by atoms with Crippen LogP contribution < -0.4 is 15.5 Å². The lowest BCUT2D eigenvalue weighted by Gasteiger charge is -2.18. The number of carbonyl (C=O) groups is 2. The molecule has 0 aliphatic carbocycles. The fourth-order valence-corrected chi connectivity index (χ4v) is 2.46. The molecule has 9 heteroatoms. The van der Waals surface area contributed by atoms with E-state index in [4.69, 9.17) is 0 Å². The molecular formula is C16H20F3N3O3. The Morgan fingerprint density at radius 1 is 1.40 bits per heavy atom. The number of alkyl halides is 3. The van der Waals surface area contributed by atoms with Crippen molar-refractivity contribution in [2.24, 2.45) is 0 Å². The minimum absolute atomic E-state index is 0.0389. The summed E-state index contributed by atoms with van der Waals surface area (Å²) >= 11 is 0. The minimum atomic E-state index is -4.39. The van der Waals surface area contributed by atoms with E-state index in [9.17, 15) is 22.8 Å². The summed E-state index contributed by atoms with van der Waals surface area (Å²) in [5, 5.41) is 5.08. The molecule has 0 saturated carbocycles. The first-order valence-corrected chi connectivity index (χ1v) is 7.87. The van der Waals surface area contributed by atoms with Crippen LogP contribution >= 0.6 is 0 Å². The highest BCUT2D eigenvalue weighted by Gasteiger charge is 2.27. The predicted molar refractivity (Wildman–Crippen MR) is 86.5 cm³/mol. The van der Waals surface area contributed by atoms with E-state index < -0.39 is 24.9 Å². The second-order valence-corrected chi connectivity index (χ2v) is 5.83. The zero-order valence-corrected chi connectivity index (χ0v) is 13.7. The normalized spacial score (nSPS) is 16.0. The van der Waals surface area contributed by atoms with Crippen LogP contribution in [0.4, 0.5) is 29.3 Å². The van der Waals surface area contributed by atoms with Crippen LogP contribution in [0.15, 0.2) is 24.3 Å². The summed E-state index contributed by atoms with van der Waals surface area (Å²) in [6.07, 6.45) is -3.09. The lowest BCUT2D eigenvalue weighted by molar-refractivity contribution is -0.174. The van der Waals surface area contributed by atoms with Gasteiger partial charge < -0.3 is 20.3 Å². The summed E-state index contributed by atoms with van der Waals surface area (Å²) in [4.78, 5) is 25.3. The molecule has 1 aliphatic rings. The van der Waals surface area contributed by atoms with Gasteiger partial charge >= 0.3 is 12.2 Å².